The molecule has 1 heterocycles. The van der Waals surface area contributed by atoms with Crippen LogP contribution in [-0.2, 0) is 0 Å². The fourth-order valence-electron chi connectivity index (χ4n) is 1.63. The summed E-state index contributed by atoms with van der Waals surface area (Å²) in [4.78, 5) is 11.1. The van der Waals surface area contributed by atoms with Gasteiger partial charge in [-0.15, -0.1) is 0 Å². The lowest BCUT2D eigenvalue weighted by Crippen LogP contribution is -2.09. The molecule has 0 saturated carbocycles. The van der Waals surface area contributed by atoms with Crippen LogP contribution in [-0.4, -0.2) is 24.4 Å². The highest BCUT2D eigenvalue weighted by atomic mass is 16.5. The maximum atomic E-state index is 11.1. The number of aromatic amines is 1. The van der Waals surface area contributed by atoms with Gasteiger partial charge in [0, 0.05) is 11.6 Å². The number of hydrogen-bond acceptors (Lipinski definition) is 5. The molecule has 0 aliphatic rings. The second-order valence-corrected chi connectivity index (χ2v) is 3.61. The van der Waals surface area contributed by atoms with Crippen molar-refractivity contribution in [2.45, 2.75) is 0 Å². The van der Waals surface area contributed by atoms with Crippen LogP contribution in [0.5, 0.6) is 11.5 Å². The molecule has 0 saturated heterocycles. The number of ether oxygens (including phenoxy) is 2. The Kier molecular flexibility index (Phi) is 3.18. The third kappa shape index (κ3) is 2.13. The van der Waals surface area contributed by atoms with Gasteiger partial charge in [-0.05, 0) is 18.2 Å². The lowest BCUT2D eigenvalue weighted by molar-refractivity contribution is 0.355. The van der Waals surface area contributed by atoms with E-state index in [0.29, 0.717) is 22.9 Å². The predicted octanol–water partition coefficient (Wildman–Crippen LogP) is 1.04. The van der Waals surface area contributed by atoms with Crippen molar-refractivity contribution in [1.29, 1.82) is 0 Å². The van der Waals surface area contributed by atoms with Crippen molar-refractivity contribution in [3.63, 3.8) is 0 Å². The molecule has 0 amide bonds. The van der Waals surface area contributed by atoms with Gasteiger partial charge in [0.2, 0.25) is 0 Å². The molecule has 2 aromatic rings. The maximum Gasteiger partial charge on any atom is 0.266 e. The minimum absolute atomic E-state index is 0.311. The monoisotopic (exact) mass is 247 g/mol. The van der Waals surface area contributed by atoms with E-state index in [4.69, 9.17) is 15.2 Å². The lowest BCUT2D eigenvalue weighted by Gasteiger charge is -2.09. The highest BCUT2D eigenvalue weighted by Gasteiger charge is 2.10. The topological polar surface area (TPSA) is 90.2 Å². The number of anilines is 1. The van der Waals surface area contributed by atoms with Gasteiger partial charge in [-0.2, -0.15) is 5.10 Å². The van der Waals surface area contributed by atoms with E-state index in [-0.39, 0.29) is 5.56 Å². The molecule has 0 aliphatic heterocycles. The first kappa shape index (κ1) is 12.0. The fourth-order valence-corrected chi connectivity index (χ4v) is 1.63. The normalized spacial score (nSPS) is 10.1. The summed E-state index contributed by atoms with van der Waals surface area (Å²) in [6, 6.07) is 6.58. The molecule has 0 bridgehead atoms. The number of nitrogen functional groups attached to an aromatic ring is 1. The van der Waals surface area contributed by atoms with E-state index in [0.717, 1.165) is 5.56 Å². The van der Waals surface area contributed by atoms with E-state index < -0.39 is 0 Å². The van der Waals surface area contributed by atoms with Crippen molar-refractivity contribution in [2.24, 2.45) is 0 Å². The molecule has 6 nitrogen and oxygen atoms in total. The van der Waals surface area contributed by atoms with Crippen LogP contribution in [0.25, 0.3) is 11.3 Å². The standard InChI is InChI=1S/C12H13N3O3/c1-17-9-4-3-7(5-10(9)18-2)12-8(13)6-11(16)14-15-12/h3-6H,1-2H3,(H3,13,14,16). The summed E-state index contributed by atoms with van der Waals surface area (Å²) in [5.41, 5.74) is 6.97. The molecule has 0 fully saturated rings. The van der Waals surface area contributed by atoms with Crippen LogP contribution in [0.3, 0.4) is 0 Å². The van der Waals surface area contributed by atoms with Crippen molar-refractivity contribution in [1.82, 2.24) is 10.2 Å². The molecule has 6 heteroatoms. The SMILES string of the molecule is COc1ccc(-c2n[nH]c(=O)cc2N)cc1OC. The number of nitrogens with two attached hydrogens (primary N) is 1. The average molecular weight is 247 g/mol. The quantitative estimate of drug-likeness (QED) is 0.845. The van der Waals surface area contributed by atoms with E-state index in [2.05, 4.69) is 10.2 Å². The summed E-state index contributed by atoms with van der Waals surface area (Å²) in [7, 11) is 3.11. The highest BCUT2D eigenvalue weighted by molar-refractivity contribution is 5.73. The second kappa shape index (κ2) is 4.79. The van der Waals surface area contributed by atoms with Crippen LogP contribution in [0, 0.1) is 0 Å². The van der Waals surface area contributed by atoms with Crippen LogP contribution in [0.1, 0.15) is 0 Å². The van der Waals surface area contributed by atoms with Crippen molar-refractivity contribution in [2.75, 3.05) is 20.0 Å². The van der Waals surface area contributed by atoms with Crippen LogP contribution >= 0.6 is 0 Å². The molecule has 0 atom stereocenters. The molecule has 1 aromatic heterocycles. The van der Waals surface area contributed by atoms with Crippen LogP contribution in [0.4, 0.5) is 5.69 Å². The third-order valence-corrected chi connectivity index (χ3v) is 2.49. The largest absolute Gasteiger partial charge is 0.493 e. The molecule has 94 valence electrons. The first-order valence-corrected chi connectivity index (χ1v) is 5.23. The van der Waals surface area contributed by atoms with Gasteiger partial charge in [0.1, 0.15) is 5.69 Å². The third-order valence-electron chi connectivity index (χ3n) is 2.49. The first-order valence-electron chi connectivity index (χ1n) is 5.23. The Hall–Kier alpha value is -2.50. The Bertz CT molecular complexity index is 622. The molecule has 3 N–H and O–H groups in total. The highest BCUT2D eigenvalue weighted by Crippen LogP contribution is 2.32. The van der Waals surface area contributed by atoms with Gasteiger partial charge in [0.05, 0.1) is 19.9 Å². The zero-order chi connectivity index (χ0) is 13.1. The number of rotatable bonds is 3. The number of nitrogens with one attached hydrogen (secondary N) is 1. The van der Waals surface area contributed by atoms with Gasteiger partial charge >= 0.3 is 0 Å². The van der Waals surface area contributed by atoms with Gasteiger partial charge in [0.25, 0.3) is 5.56 Å². The molecule has 0 radical (unpaired) electrons. The van der Waals surface area contributed by atoms with Gasteiger partial charge in [-0.25, -0.2) is 5.10 Å². The van der Waals surface area contributed by atoms with Gasteiger partial charge in [-0.3, -0.25) is 4.79 Å². The molecule has 0 spiro atoms. The predicted molar refractivity (Wildman–Crippen MR) is 67.8 cm³/mol. The van der Waals surface area contributed by atoms with Crippen molar-refractivity contribution < 1.29 is 9.47 Å². The molecular formula is C12H13N3O3. The zero-order valence-corrected chi connectivity index (χ0v) is 10.1. The molecule has 0 unspecified atom stereocenters. The number of hydrogen-bond donors (Lipinski definition) is 2. The number of benzene rings is 1. The first-order chi connectivity index (χ1) is 8.65. The maximum absolute atomic E-state index is 11.1. The Morgan fingerprint density at radius 2 is 1.89 bits per heavy atom. The smallest absolute Gasteiger partial charge is 0.266 e. The van der Waals surface area contributed by atoms with Gasteiger partial charge < -0.3 is 15.2 Å². The molecule has 18 heavy (non-hydrogen) atoms. The van der Waals surface area contributed by atoms with E-state index in [9.17, 15) is 4.79 Å². The Morgan fingerprint density at radius 1 is 1.17 bits per heavy atom. The lowest BCUT2D eigenvalue weighted by atomic mass is 10.1. The Morgan fingerprint density at radius 3 is 2.50 bits per heavy atom. The number of H-pyrrole nitrogens is 1. The van der Waals surface area contributed by atoms with Crippen molar-refractivity contribution >= 4 is 5.69 Å². The average Bonchev–Trinajstić information content (AvgIpc) is 2.38. The minimum atomic E-state index is -0.336. The summed E-state index contributed by atoms with van der Waals surface area (Å²) < 4.78 is 10.3. The molecule has 2 rings (SSSR count). The molecule has 0 aliphatic carbocycles. The van der Waals surface area contributed by atoms with Gasteiger partial charge in [0.15, 0.2) is 11.5 Å². The Labute approximate surface area is 103 Å². The van der Waals surface area contributed by atoms with E-state index in [1.807, 2.05) is 0 Å². The summed E-state index contributed by atoms with van der Waals surface area (Å²) in [5.74, 6) is 1.19. The molecular weight excluding hydrogens is 234 g/mol. The second-order valence-electron chi connectivity index (χ2n) is 3.61. The number of aromatic nitrogens is 2. The van der Waals surface area contributed by atoms with Crippen molar-refractivity contribution in [3.8, 4) is 22.8 Å². The molecule has 1 aromatic carbocycles. The summed E-state index contributed by atoms with van der Waals surface area (Å²) >= 11 is 0. The zero-order valence-electron chi connectivity index (χ0n) is 10.1. The van der Waals surface area contributed by atoms with E-state index in [1.165, 1.54) is 6.07 Å². The summed E-state index contributed by atoms with van der Waals surface area (Å²) in [5, 5.41) is 6.27. The number of methoxy groups -OCH3 is 2. The summed E-state index contributed by atoms with van der Waals surface area (Å²) in [6.07, 6.45) is 0. The van der Waals surface area contributed by atoms with Gasteiger partial charge in [-0.1, -0.05) is 0 Å². The fraction of sp³-hybridized carbons (Fsp3) is 0.167. The summed E-state index contributed by atoms with van der Waals surface area (Å²) in [6.45, 7) is 0. The van der Waals surface area contributed by atoms with Crippen LogP contribution in [0.2, 0.25) is 0 Å². The minimum Gasteiger partial charge on any atom is -0.493 e. The Balaban J connectivity index is 2.54. The van der Waals surface area contributed by atoms with Crippen molar-refractivity contribution in [3.05, 3.63) is 34.6 Å². The van der Waals surface area contributed by atoms with E-state index in [1.54, 1.807) is 32.4 Å². The number of nitrogens with zero attached hydrogens (tertiary/aromatic N) is 1. The van der Waals surface area contributed by atoms with E-state index >= 15 is 0 Å². The van der Waals surface area contributed by atoms with Crippen LogP contribution in [0.15, 0.2) is 29.1 Å². The van der Waals surface area contributed by atoms with Crippen LogP contribution < -0.4 is 20.8 Å².